The van der Waals surface area contributed by atoms with Crippen LogP contribution < -0.4 is 10.6 Å². The maximum absolute atomic E-state index is 11.7. The lowest BCUT2D eigenvalue weighted by Gasteiger charge is -2.09. The number of hydrogen-bond donors (Lipinski definition) is 2. The van der Waals surface area contributed by atoms with E-state index in [-0.39, 0.29) is 30.1 Å². The average Bonchev–Trinajstić information content (AvgIpc) is 2.39. The first-order chi connectivity index (χ1) is 8.56. The minimum absolute atomic E-state index is 0.143. The van der Waals surface area contributed by atoms with E-state index in [4.69, 9.17) is 1.37 Å². The lowest BCUT2D eigenvalue weighted by molar-refractivity contribution is -0.113. The van der Waals surface area contributed by atoms with Crippen LogP contribution in [0.1, 0.15) is 25.6 Å². The Morgan fingerprint density at radius 1 is 1.41 bits per heavy atom. The van der Waals surface area contributed by atoms with Gasteiger partial charge in [-0.3, -0.25) is 9.59 Å². The molecule has 2 amide bonds. The van der Waals surface area contributed by atoms with Crippen LogP contribution in [0.4, 0.5) is 5.69 Å². The highest BCUT2D eigenvalue weighted by atomic mass is 79.9. The van der Waals surface area contributed by atoms with Crippen LogP contribution in [0.2, 0.25) is 0 Å². The van der Waals surface area contributed by atoms with E-state index in [0.29, 0.717) is 11.3 Å². The molecule has 0 radical (unpaired) electrons. The molecular weight excluding hydrogens is 284 g/mol. The van der Waals surface area contributed by atoms with Gasteiger partial charge in [0.2, 0.25) is 5.91 Å². The molecule has 0 heterocycles. The number of amides is 2. The number of halogens is 1. The fourth-order valence-electron chi connectivity index (χ4n) is 1.21. The number of alkyl halides is 1. The van der Waals surface area contributed by atoms with Crippen molar-refractivity contribution in [1.29, 1.82) is 0 Å². The van der Waals surface area contributed by atoms with Crippen LogP contribution in [-0.2, 0) is 4.79 Å². The third-order valence-electron chi connectivity index (χ3n) is 1.93. The topological polar surface area (TPSA) is 58.2 Å². The molecular formula is C12H15BrN2O2. The van der Waals surface area contributed by atoms with Gasteiger partial charge in [0.15, 0.2) is 0 Å². The molecule has 0 bridgehead atoms. The molecule has 1 aromatic rings. The number of anilines is 1. The van der Waals surface area contributed by atoms with Crippen molar-refractivity contribution in [3.8, 4) is 0 Å². The highest BCUT2D eigenvalue weighted by Gasteiger charge is 2.06. The van der Waals surface area contributed by atoms with Gasteiger partial charge in [-0.1, -0.05) is 15.9 Å². The molecule has 1 atom stereocenters. The average molecular weight is 300 g/mol. The molecule has 2 N–H and O–H groups in total. The molecule has 0 spiro atoms. The normalized spacial score (nSPS) is 12.5. The Morgan fingerprint density at radius 3 is 2.59 bits per heavy atom. The second-order valence-electron chi connectivity index (χ2n) is 3.63. The number of rotatable bonds is 4. The summed E-state index contributed by atoms with van der Waals surface area (Å²) in [5.74, 6) is -0.358. The molecule has 0 aliphatic rings. The van der Waals surface area contributed by atoms with Crippen molar-refractivity contribution >= 4 is 33.4 Å². The lowest BCUT2D eigenvalue weighted by Crippen LogP contribution is -2.30. The molecule has 1 aromatic carbocycles. The van der Waals surface area contributed by atoms with Crippen molar-refractivity contribution in [1.82, 2.24) is 5.32 Å². The van der Waals surface area contributed by atoms with Gasteiger partial charge in [-0.2, -0.15) is 0 Å². The maximum atomic E-state index is 11.7. The summed E-state index contributed by atoms with van der Waals surface area (Å²) in [5.41, 5.74) is 1.15. The van der Waals surface area contributed by atoms with E-state index in [2.05, 4.69) is 26.6 Å². The number of carbonyl (C=O) groups excluding carboxylic acids is 2. The van der Waals surface area contributed by atoms with Crippen molar-refractivity contribution in [2.24, 2.45) is 0 Å². The van der Waals surface area contributed by atoms with Crippen molar-refractivity contribution < 1.29 is 11.0 Å². The zero-order chi connectivity index (χ0) is 13.5. The molecule has 0 aromatic heterocycles. The molecule has 17 heavy (non-hydrogen) atoms. The van der Waals surface area contributed by atoms with Gasteiger partial charge in [-0.25, -0.2) is 0 Å². The summed E-state index contributed by atoms with van der Waals surface area (Å²) in [4.78, 5) is 22.8. The largest absolute Gasteiger partial charge is 0.350 e. The quantitative estimate of drug-likeness (QED) is 0.837. The van der Waals surface area contributed by atoms with E-state index in [1.807, 2.05) is 0 Å². The van der Waals surface area contributed by atoms with Gasteiger partial charge in [0.1, 0.15) is 0 Å². The lowest BCUT2D eigenvalue weighted by atomic mass is 10.2. The first kappa shape index (κ1) is 12.1. The van der Waals surface area contributed by atoms with Gasteiger partial charge >= 0.3 is 0 Å². The number of hydrogen-bond acceptors (Lipinski definition) is 2. The Balaban J connectivity index is 2.65. The third-order valence-corrected chi connectivity index (χ3v) is 2.44. The Labute approximate surface area is 110 Å². The molecule has 5 heteroatoms. The van der Waals surface area contributed by atoms with E-state index in [0.717, 1.165) is 0 Å². The van der Waals surface area contributed by atoms with Crippen molar-refractivity contribution in [3.63, 3.8) is 0 Å². The molecule has 0 aliphatic heterocycles. The first-order valence-electron chi connectivity index (χ1n) is 5.83. The van der Waals surface area contributed by atoms with E-state index in [1.54, 1.807) is 31.2 Å². The molecule has 1 rings (SSSR count). The van der Waals surface area contributed by atoms with Crippen molar-refractivity contribution in [2.75, 3.05) is 10.6 Å². The smallest absolute Gasteiger partial charge is 0.251 e. The molecule has 0 aliphatic carbocycles. The Morgan fingerprint density at radius 2 is 2.06 bits per heavy atom. The first-order valence-corrected chi connectivity index (χ1v) is 6.25. The van der Waals surface area contributed by atoms with Crippen LogP contribution in [0.15, 0.2) is 24.3 Å². The van der Waals surface area contributed by atoms with Crippen molar-refractivity contribution in [3.05, 3.63) is 29.8 Å². The molecule has 0 saturated heterocycles. The van der Waals surface area contributed by atoms with Gasteiger partial charge in [0, 0.05) is 18.7 Å². The highest BCUT2D eigenvalue weighted by molar-refractivity contribution is 9.09. The fourth-order valence-corrected chi connectivity index (χ4v) is 1.35. The summed E-state index contributed by atoms with van der Waals surface area (Å²) in [6, 6.07) is 6.43. The number of carbonyl (C=O) groups is 2. The SMILES string of the molecule is [2H]C[C@@H](C)NC(=O)c1ccc(NC(=O)CBr)cc1. The minimum atomic E-state index is -0.215. The molecule has 4 nitrogen and oxygen atoms in total. The Hall–Kier alpha value is -1.36. The van der Waals surface area contributed by atoms with Gasteiger partial charge in [0.05, 0.1) is 5.33 Å². The maximum Gasteiger partial charge on any atom is 0.251 e. The second kappa shape index (κ2) is 6.39. The predicted molar refractivity (Wildman–Crippen MR) is 71.5 cm³/mol. The van der Waals surface area contributed by atoms with Crippen LogP contribution in [-0.4, -0.2) is 23.2 Å². The molecule has 0 unspecified atom stereocenters. The highest BCUT2D eigenvalue weighted by Crippen LogP contribution is 2.09. The minimum Gasteiger partial charge on any atom is -0.350 e. The summed E-state index contributed by atoms with van der Waals surface area (Å²) < 4.78 is 7.13. The summed E-state index contributed by atoms with van der Waals surface area (Å²) in [6.45, 7) is 1.92. The van der Waals surface area contributed by atoms with E-state index in [9.17, 15) is 9.59 Å². The molecule has 0 fully saturated rings. The number of benzene rings is 1. The van der Waals surface area contributed by atoms with Crippen LogP contribution in [0.25, 0.3) is 0 Å². The molecule has 0 saturated carbocycles. The summed E-state index contributed by atoms with van der Waals surface area (Å²) in [6.07, 6.45) is 0. The molecule has 92 valence electrons. The zero-order valence-corrected chi connectivity index (χ0v) is 11.1. The van der Waals surface area contributed by atoms with Crippen molar-refractivity contribution in [2.45, 2.75) is 19.9 Å². The number of nitrogens with one attached hydrogen (secondary N) is 2. The predicted octanol–water partition coefficient (Wildman–Crippen LogP) is 2.16. The summed E-state index contributed by atoms with van der Waals surface area (Å²) in [7, 11) is 0. The van der Waals surface area contributed by atoms with Crippen LogP contribution >= 0.6 is 15.9 Å². The Kier molecular flexibility index (Phi) is 4.55. The summed E-state index contributed by atoms with van der Waals surface area (Å²) in [5, 5.41) is 5.59. The van der Waals surface area contributed by atoms with Gasteiger partial charge < -0.3 is 10.6 Å². The van der Waals surface area contributed by atoms with Gasteiger partial charge in [0.25, 0.3) is 5.91 Å². The third kappa shape index (κ3) is 4.56. The van der Waals surface area contributed by atoms with Crippen LogP contribution in [0.5, 0.6) is 0 Å². The standard InChI is InChI=1S/C12H15BrN2O2/c1-8(2)14-12(17)9-3-5-10(6-4-9)15-11(16)7-13/h3-6,8H,7H2,1-2H3,(H,14,17)(H,15,16)/i1D/t8-/m0/s1. The second-order valence-corrected chi connectivity index (χ2v) is 4.19. The van der Waals surface area contributed by atoms with Crippen LogP contribution in [0.3, 0.4) is 0 Å². The van der Waals surface area contributed by atoms with E-state index < -0.39 is 0 Å². The van der Waals surface area contributed by atoms with E-state index in [1.165, 1.54) is 0 Å². The van der Waals surface area contributed by atoms with Crippen LogP contribution in [0, 0.1) is 0 Å². The van der Waals surface area contributed by atoms with Gasteiger partial charge in [-0.15, -0.1) is 0 Å². The monoisotopic (exact) mass is 299 g/mol. The van der Waals surface area contributed by atoms with E-state index >= 15 is 0 Å². The Bertz CT molecular complexity index is 423. The zero-order valence-electron chi connectivity index (χ0n) is 10.5. The van der Waals surface area contributed by atoms with Gasteiger partial charge in [-0.05, 0) is 38.1 Å². The fraction of sp³-hybridized carbons (Fsp3) is 0.333. The summed E-state index contributed by atoms with van der Waals surface area (Å²) >= 11 is 3.05.